The van der Waals surface area contributed by atoms with Gasteiger partial charge in [-0.3, -0.25) is 19.9 Å². The molecule has 0 saturated carbocycles. The molecular weight excluding hydrogens is 288 g/mol. The number of benzene rings is 1. The molecule has 106 valence electrons. The van der Waals surface area contributed by atoms with Crippen LogP contribution in [0.2, 0.25) is 0 Å². The van der Waals surface area contributed by atoms with Crippen LogP contribution in [0, 0.1) is 17.0 Å². The van der Waals surface area contributed by atoms with Crippen molar-refractivity contribution in [1.29, 1.82) is 0 Å². The Morgan fingerprint density at radius 1 is 1.45 bits per heavy atom. The van der Waals surface area contributed by atoms with Crippen LogP contribution < -0.4 is 4.72 Å². The summed E-state index contributed by atoms with van der Waals surface area (Å²) in [6.07, 6.45) is 1.43. The number of nitro benzene ring substituents is 1. The topological polar surface area (TPSA) is 138 Å². The summed E-state index contributed by atoms with van der Waals surface area (Å²) in [7, 11) is -4.02. The molecule has 9 nitrogen and oxygen atoms in total. The van der Waals surface area contributed by atoms with Crippen LogP contribution >= 0.6 is 0 Å². The molecule has 0 fully saturated rings. The van der Waals surface area contributed by atoms with Crippen molar-refractivity contribution in [1.82, 2.24) is 10.2 Å². The van der Waals surface area contributed by atoms with E-state index in [0.29, 0.717) is 5.56 Å². The molecule has 0 aliphatic carbocycles. The maximum absolute atomic E-state index is 12.1. The number of phenolic OH excluding ortho intramolecular Hbond substituents is 1. The van der Waals surface area contributed by atoms with Gasteiger partial charge in [0.15, 0.2) is 5.75 Å². The van der Waals surface area contributed by atoms with Crippen LogP contribution in [0.1, 0.15) is 5.56 Å². The summed E-state index contributed by atoms with van der Waals surface area (Å²) >= 11 is 0. The van der Waals surface area contributed by atoms with Crippen molar-refractivity contribution in [2.24, 2.45) is 0 Å². The molecule has 2 rings (SSSR count). The zero-order valence-electron chi connectivity index (χ0n) is 10.2. The molecule has 3 N–H and O–H groups in total. The first kappa shape index (κ1) is 13.8. The van der Waals surface area contributed by atoms with Gasteiger partial charge in [-0.05, 0) is 19.1 Å². The van der Waals surface area contributed by atoms with E-state index in [1.54, 1.807) is 6.92 Å². The van der Waals surface area contributed by atoms with Gasteiger partial charge >= 0.3 is 5.69 Å². The van der Waals surface area contributed by atoms with Crippen LogP contribution in [0.4, 0.5) is 11.5 Å². The Hall–Kier alpha value is -2.62. The van der Waals surface area contributed by atoms with Crippen LogP contribution in [0.25, 0.3) is 0 Å². The number of hydrogen-bond acceptors (Lipinski definition) is 6. The van der Waals surface area contributed by atoms with Crippen molar-refractivity contribution >= 4 is 21.5 Å². The lowest BCUT2D eigenvalue weighted by molar-refractivity contribution is -0.386. The highest BCUT2D eigenvalue weighted by Crippen LogP contribution is 2.29. The van der Waals surface area contributed by atoms with E-state index in [1.165, 1.54) is 6.20 Å². The minimum absolute atomic E-state index is 0.167. The van der Waals surface area contributed by atoms with E-state index < -0.39 is 26.4 Å². The number of aromatic amines is 1. The van der Waals surface area contributed by atoms with Crippen LogP contribution in [-0.4, -0.2) is 28.6 Å². The highest BCUT2D eigenvalue weighted by Gasteiger charge is 2.22. The number of nitrogens with one attached hydrogen (secondary N) is 2. The molecule has 0 aliphatic rings. The van der Waals surface area contributed by atoms with E-state index in [2.05, 4.69) is 14.9 Å². The smallest absolute Gasteiger partial charge is 0.312 e. The maximum atomic E-state index is 12.1. The number of hydrogen-bond donors (Lipinski definition) is 3. The number of aromatic nitrogens is 2. The number of nitrogens with zero attached hydrogens (tertiary/aromatic N) is 2. The van der Waals surface area contributed by atoms with E-state index in [9.17, 15) is 23.6 Å². The van der Waals surface area contributed by atoms with Gasteiger partial charge in [-0.25, -0.2) is 8.42 Å². The Morgan fingerprint density at radius 2 is 2.15 bits per heavy atom. The number of phenols is 1. The third kappa shape index (κ3) is 2.54. The van der Waals surface area contributed by atoms with Gasteiger partial charge in [0.25, 0.3) is 10.0 Å². The number of H-pyrrole nitrogens is 1. The second kappa shape index (κ2) is 4.81. The van der Waals surface area contributed by atoms with Gasteiger partial charge < -0.3 is 5.11 Å². The predicted octanol–water partition coefficient (Wildman–Crippen LogP) is 1.13. The molecule has 1 aromatic carbocycles. The predicted molar refractivity (Wildman–Crippen MR) is 68.9 cm³/mol. The second-order valence-electron chi connectivity index (χ2n) is 3.94. The van der Waals surface area contributed by atoms with Crippen molar-refractivity contribution in [3.63, 3.8) is 0 Å². The highest BCUT2D eigenvalue weighted by molar-refractivity contribution is 7.92. The summed E-state index contributed by atoms with van der Waals surface area (Å²) in [5.41, 5.74) is -0.115. The molecule has 0 amide bonds. The molecule has 0 saturated heterocycles. The molecule has 20 heavy (non-hydrogen) atoms. The standard InChI is InChI=1S/C10H10N4O5S/c1-6-5-11-12-10(6)13-20(18,19)7-2-3-9(15)8(4-7)14(16)17/h2-5,15H,1H3,(H2,11,12,13). The van der Waals surface area contributed by atoms with Gasteiger partial charge in [0, 0.05) is 11.6 Å². The fourth-order valence-electron chi connectivity index (χ4n) is 1.46. The number of anilines is 1. The van der Waals surface area contributed by atoms with Gasteiger partial charge in [-0.15, -0.1) is 0 Å². The number of nitro groups is 1. The van der Waals surface area contributed by atoms with Crippen molar-refractivity contribution in [2.75, 3.05) is 4.72 Å². The Balaban J connectivity index is 2.42. The van der Waals surface area contributed by atoms with E-state index in [-0.39, 0.29) is 10.7 Å². The first-order valence-corrected chi connectivity index (χ1v) is 6.80. The Kier molecular flexibility index (Phi) is 3.32. The molecule has 1 aromatic heterocycles. The molecule has 0 atom stereocenters. The van der Waals surface area contributed by atoms with Gasteiger partial charge in [0.1, 0.15) is 5.82 Å². The minimum atomic E-state index is -4.02. The maximum Gasteiger partial charge on any atom is 0.312 e. The second-order valence-corrected chi connectivity index (χ2v) is 5.62. The van der Waals surface area contributed by atoms with Crippen molar-refractivity contribution in [3.05, 3.63) is 40.1 Å². The van der Waals surface area contributed by atoms with Gasteiger partial charge in [-0.2, -0.15) is 5.10 Å². The Labute approximate surface area is 113 Å². The van der Waals surface area contributed by atoms with Crippen LogP contribution in [0.3, 0.4) is 0 Å². The largest absolute Gasteiger partial charge is 0.502 e. The first-order chi connectivity index (χ1) is 9.31. The third-order valence-corrected chi connectivity index (χ3v) is 3.87. The monoisotopic (exact) mass is 298 g/mol. The summed E-state index contributed by atoms with van der Waals surface area (Å²) in [6.45, 7) is 1.64. The van der Waals surface area contributed by atoms with Crippen LogP contribution in [0.5, 0.6) is 5.75 Å². The van der Waals surface area contributed by atoms with Gasteiger partial charge in [0.2, 0.25) is 0 Å². The van der Waals surface area contributed by atoms with Gasteiger partial charge in [0.05, 0.1) is 16.0 Å². The molecule has 2 aromatic rings. The fourth-order valence-corrected chi connectivity index (χ4v) is 2.57. The van der Waals surface area contributed by atoms with Crippen molar-refractivity contribution < 1.29 is 18.4 Å². The molecule has 0 bridgehead atoms. The zero-order valence-corrected chi connectivity index (χ0v) is 11.0. The average Bonchev–Trinajstić information content (AvgIpc) is 2.74. The summed E-state index contributed by atoms with van der Waals surface area (Å²) in [4.78, 5) is 9.48. The van der Waals surface area contributed by atoms with E-state index in [1.807, 2.05) is 0 Å². The minimum Gasteiger partial charge on any atom is -0.502 e. The first-order valence-electron chi connectivity index (χ1n) is 5.31. The molecule has 0 spiro atoms. The number of aryl methyl sites for hydroxylation is 1. The SMILES string of the molecule is Cc1cn[nH]c1NS(=O)(=O)c1ccc(O)c([N+](=O)[O-])c1. The summed E-state index contributed by atoms with van der Waals surface area (Å²) in [5, 5.41) is 26.1. The van der Waals surface area contributed by atoms with Crippen LogP contribution in [-0.2, 0) is 10.0 Å². The molecule has 0 aliphatic heterocycles. The van der Waals surface area contributed by atoms with Crippen molar-refractivity contribution in [3.8, 4) is 5.75 Å². The number of aromatic hydroxyl groups is 1. The number of sulfonamides is 1. The molecule has 10 heteroatoms. The Morgan fingerprint density at radius 3 is 2.70 bits per heavy atom. The molecular formula is C10H10N4O5S. The average molecular weight is 298 g/mol. The molecule has 0 unspecified atom stereocenters. The summed E-state index contributed by atoms with van der Waals surface area (Å²) in [5.74, 6) is -0.438. The third-order valence-electron chi connectivity index (χ3n) is 2.52. The number of rotatable bonds is 4. The normalized spacial score (nSPS) is 11.2. The zero-order chi connectivity index (χ0) is 14.9. The van der Waals surface area contributed by atoms with Crippen LogP contribution in [0.15, 0.2) is 29.3 Å². The molecule has 0 radical (unpaired) electrons. The highest BCUT2D eigenvalue weighted by atomic mass is 32.2. The van der Waals surface area contributed by atoms with E-state index in [4.69, 9.17) is 0 Å². The van der Waals surface area contributed by atoms with Gasteiger partial charge in [-0.1, -0.05) is 0 Å². The lowest BCUT2D eigenvalue weighted by Crippen LogP contribution is -2.14. The lowest BCUT2D eigenvalue weighted by atomic mass is 10.3. The van der Waals surface area contributed by atoms with E-state index >= 15 is 0 Å². The fraction of sp³-hybridized carbons (Fsp3) is 0.100. The molecule has 1 heterocycles. The summed E-state index contributed by atoms with van der Waals surface area (Å²) in [6, 6.07) is 2.80. The quantitative estimate of drug-likeness (QED) is 0.571. The van der Waals surface area contributed by atoms with Crippen molar-refractivity contribution in [2.45, 2.75) is 11.8 Å². The van der Waals surface area contributed by atoms with E-state index in [0.717, 1.165) is 18.2 Å². The summed E-state index contributed by atoms with van der Waals surface area (Å²) < 4.78 is 26.4. The Bertz CT molecular complexity index is 768. The lowest BCUT2D eigenvalue weighted by Gasteiger charge is -2.07.